The number of nitrogens with one attached hydrogen (secondary N) is 1. The van der Waals surface area contributed by atoms with E-state index in [1.807, 2.05) is 0 Å². The third kappa shape index (κ3) is 8.05. The van der Waals surface area contributed by atoms with Gasteiger partial charge in [-0.25, -0.2) is 0 Å². The van der Waals surface area contributed by atoms with Gasteiger partial charge in [0.2, 0.25) is 0 Å². The first kappa shape index (κ1) is 16.2. The van der Waals surface area contributed by atoms with Gasteiger partial charge in [-0.3, -0.25) is 0 Å². The van der Waals surface area contributed by atoms with Crippen LogP contribution in [0.5, 0.6) is 0 Å². The van der Waals surface area contributed by atoms with Crippen molar-refractivity contribution in [2.45, 2.75) is 59.4 Å². The Bertz CT molecular complexity index is 306. The van der Waals surface area contributed by atoms with Gasteiger partial charge in [-0.2, -0.15) is 0 Å². The molecule has 0 saturated carbocycles. The second-order valence-electron chi connectivity index (χ2n) is 6.50. The molecule has 1 heteroatoms. The Kier molecular flexibility index (Phi) is 7.81. The zero-order valence-electron chi connectivity index (χ0n) is 13.2. The van der Waals surface area contributed by atoms with E-state index in [-0.39, 0.29) is 0 Å². The maximum Gasteiger partial charge on any atom is 0.00719 e. The van der Waals surface area contributed by atoms with Crippen LogP contribution in [0.2, 0.25) is 0 Å². The van der Waals surface area contributed by atoms with E-state index in [0.717, 1.165) is 18.4 Å². The molecule has 0 aliphatic carbocycles. The third-order valence-electron chi connectivity index (χ3n) is 3.43. The van der Waals surface area contributed by atoms with Crippen LogP contribution < -0.4 is 5.32 Å². The first-order chi connectivity index (χ1) is 9.08. The fourth-order valence-corrected chi connectivity index (χ4v) is 2.64. The van der Waals surface area contributed by atoms with Crippen LogP contribution in [0.1, 0.15) is 52.5 Å². The highest BCUT2D eigenvalue weighted by atomic mass is 14.9. The van der Waals surface area contributed by atoms with Gasteiger partial charge in [0.15, 0.2) is 0 Å². The molecular weight excluding hydrogens is 230 g/mol. The van der Waals surface area contributed by atoms with Gasteiger partial charge in [-0.15, -0.1) is 0 Å². The van der Waals surface area contributed by atoms with Gasteiger partial charge in [0.1, 0.15) is 0 Å². The summed E-state index contributed by atoms with van der Waals surface area (Å²) in [5, 5.41) is 3.75. The molecule has 1 rings (SSSR count). The quantitative estimate of drug-likeness (QED) is 0.637. The van der Waals surface area contributed by atoms with E-state index in [0.29, 0.717) is 6.04 Å². The smallest absolute Gasteiger partial charge is 0.00719 e. The molecule has 0 amide bonds. The Balaban J connectivity index is 2.23. The Morgan fingerprint density at radius 3 is 2.00 bits per heavy atom. The van der Waals surface area contributed by atoms with Crippen molar-refractivity contribution in [2.24, 2.45) is 11.8 Å². The molecule has 19 heavy (non-hydrogen) atoms. The summed E-state index contributed by atoms with van der Waals surface area (Å²) in [7, 11) is 0. The molecule has 1 nitrogen and oxygen atoms in total. The topological polar surface area (TPSA) is 12.0 Å². The molecule has 0 saturated heterocycles. The van der Waals surface area contributed by atoms with Gasteiger partial charge in [0.25, 0.3) is 0 Å². The Morgan fingerprint density at radius 2 is 1.47 bits per heavy atom. The van der Waals surface area contributed by atoms with Crippen molar-refractivity contribution in [3.05, 3.63) is 35.9 Å². The maximum absolute atomic E-state index is 3.75. The van der Waals surface area contributed by atoms with Gasteiger partial charge in [-0.1, -0.05) is 58.0 Å². The minimum absolute atomic E-state index is 0.691. The number of aryl methyl sites for hydroxylation is 1. The Hall–Kier alpha value is -0.820. The lowest BCUT2D eigenvalue weighted by Crippen LogP contribution is -2.32. The molecule has 1 aromatic carbocycles. The largest absolute Gasteiger partial charge is 0.314 e. The van der Waals surface area contributed by atoms with Gasteiger partial charge in [0.05, 0.1) is 0 Å². The summed E-state index contributed by atoms with van der Waals surface area (Å²) < 4.78 is 0. The van der Waals surface area contributed by atoms with E-state index in [4.69, 9.17) is 0 Å². The molecule has 0 spiro atoms. The zero-order valence-corrected chi connectivity index (χ0v) is 13.2. The van der Waals surface area contributed by atoms with E-state index in [2.05, 4.69) is 63.3 Å². The summed E-state index contributed by atoms with van der Waals surface area (Å²) in [6, 6.07) is 11.5. The minimum Gasteiger partial charge on any atom is -0.314 e. The standard InChI is InChI=1S/C18H31N/c1-15(2)13-18(14-16(3)4)19-12-8-11-17-9-6-5-7-10-17/h5-7,9-10,15-16,18-19H,8,11-14H2,1-4H3. The van der Waals surface area contributed by atoms with Crippen LogP contribution in [0.3, 0.4) is 0 Å². The molecule has 0 heterocycles. The number of benzene rings is 1. The van der Waals surface area contributed by atoms with Crippen LogP contribution in [-0.2, 0) is 6.42 Å². The highest BCUT2D eigenvalue weighted by molar-refractivity contribution is 5.14. The molecular formula is C18H31N. The fourth-order valence-electron chi connectivity index (χ4n) is 2.64. The third-order valence-corrected chi connectivity index (χ3v) is 3.43. The lowest BCUT2D eigenvalue weighted by molar-refractivity contribution is 0.358. The molecule has 108 valence electrons. The molecule has 1 aromatic rings. The summed E-state index contributed by atoms with van der Waals surface area (Å²) >= 11 is 0. The molecule has 0 radical (unpaired) electrons. The Labute approximate surface area is 119 Å². The van der Waals surface area contributed by atoms with Crippen molar-refractivity contribution in [2.75, 3.05) is 6.54 Å². The highest BCUT2D eigenvalue weighted by Gasteiger charge is 2.11. The SMILES string of the molecule is CC(C)CC(CC(C)C)NCCCc1ccccc1. The van der Waals surface area contributed by atoms with Crippen LogP contribution in [0.4, 0.5) is 0 Å². The summed E-state index contributed by atoms with van der Waals surface area (Å²) in [6.45, 7) is 10.4. The van der Waals surface area contributed by atoms with E-state index < -0.39 is 0 Å². The van der Waals surface area contributed by atoms with Crippen LogP contribution in [0.15, 0.2) is 30.3 Å². The normalized spacial score (nSPS) is 11.7. The molecule has 0 aromatic heterocycles. The molecule has 0 fully saturated rings. The second kappa shape index (κ2) is 9.14. The van der Waals surface area contributed by atoms with Gasteiger partial charge in [0, 0.05) is 6.04 Å². The first-order valence-electron chi connectivity index (χ1n) is 7.85. The summed E-state index contributed by atoms with van der Waals surface area (Å²) in [5.41, 5.74) is 1.45. The minimum atomic E-state index is 0.691. The predicted molar refractivity (Wildman–Crippen MR) is 85.5 cm³/mol. The maximum atomic E-state index is 3.75. The second-order valence-corrected chi connectivity index (χ2v) is 6.50. The van der Waals surface area contributed by atoms with Crippen molar-refractivity contribution >= 4 is 0 Å². The fraction of sp³-hybridized carbons (Fsp3) is 0.667. The lowest BCUT2D eigenvalue weighted by atomic mass is 9.95. The van der Waals surface area contributed by atoms with Gasteiger partial charge < -0.3 is 5.32 Å². The van der Waals surface area contributed by atoms with E-state index in [9.17, 15) is 0 Å². The lowest BCUT2D eigenvalue weighted by Gasteiger charge is -2.22. The van der Waals surface area contributed by atoms with Gasteiger partial charge in [-0.05, 0) is 49.6 Å². The number of hydrogen-bond donors (Lipinski definition) is 1. The molecule has 0 aliphatic rings. The first-order valence-corrected chi connectivity index (χ1v) is 7.85. The molecule has 1 N–H and O–H groups in total. The Morgan fingerprint density at radius 1 is 0.895 bits per heavy atom. The van der Waals surface area contributed by atoms with Crippen molar-refractivity contribution < 1.29 is 0 Å². The van der Waals surface area contributed by atoms with Crippen molar-refractivity contribution in [3.63, 3.8) is 0 Å². The zero-order chi connectivity index (χ0) is 14.1. The molecule has 0 bridgehead atoms. The predicted octanol–water partition coefficient (Wildman–Crippen LogP) is 4.67. The van der Waals surface area contributed by atoms with Crippen molar-refractivity contribution in [1.82, 2.24) is 5.32 Å². The summed E-state index contributed by atoms with van der Waals surface area (Å²) in [4.78, 5) is 0. The summed E-state index contributed by atoms with van der Waals surface area (Å²) in [5.74, 6) is 1.57. The number of hydrogen-bond acceptors (Lipinski definition) is 1. The van der Waals surface area contributed by atoms with Crippen LogP contribution >= 0.6 is 0 Å². The average Bonchev–Trinajstić information content (AvgIpc) is 2.34. The molecule has 0 atom stereocenters. The van der Waals surface area contributed by atoms with E-state index >= 15 is 0 Å². The number of rotatable bonds is 9. The van der Waals surface area contributed by atoms with E-state index in [1.54, 1.807) is 0 Å². The molecule has 0 unspecified atom stereocenters. The molecule has 0 aliphatic heterocycles. The van der Waals surface area contributed by atoms with Crippen LogP contribution in [-0.4, -0.2) is 12.6 Å². The van der Waals surface area contributed by atoms with Crippen LogP contribution in [0, 0.1) is 11.8 Å². The van der Waals surface area contributed by atoms with Crippen molar-refractivity contribution in [3.8, 4) is 0 Å². The average molecular weight is 261 g/mol. The van der Waals surface area contributed by atoms with E-state index in [1.165, 1.54) is 31.2 Å². The van der Waals surface area contributed by atoms with Crippen LogP contribution in [0.25, 0.3) is 0 Å². The van der Waals surface area contributed by atoms with Crippen molar-refractivity contribution in [1.29, 1.82) is 0 Å². The monoisotopic (exact) mass is 261 g/mol. The summed E-state index contributed by atoms with van der Waals surface area (Å²) in [6.07, 6.45) is 5.01. The van der Waals surface area contributed by atoms with Gasteiger partial charge >= 0.3 is 0 Å². The highest BCUT2D eigenvalue weighted by Crippen LogP contribution is 2.13.